The third kappa shape index (κ3) is 14.3. The normalized spacial score (nSPS) is 10.8. The van der Waals surface area contributed by atoms with Gasteiger partial charge >= 0.3 is 0 Å². The minimum absolute atomic E-state index is 0.191. The van der Waals surface area contributed by atoms with Crippen LogP contribution in [0, 0.1) is 22.7 Å². The van der Waals surface area contributed by atoms with Crippen molar-refractivity contribution in [1.29, 1.82) is 10.5 Å². The number of aromatic nitrogens is 2. The number of hydrogen-bond acceptors (Lipinski definition) is 4. The van der Waals surface area contributed by atoms with E-state index in [1.165, 1.54) is 116 Å². The van der Waals surface area contributed by atoms with Crippen molar-refractivity contribution in [2.75, 3.05) is 0 Å². The molecule has 0 amide bonds. The Bertz CT molecular complexity index is 653. The Morgan fingerprint density at radius 3 is 0.971 bits per heavy atom. The number of rotatable bonds is 22. The molecule has 1 aromatic rings. The van der Waals surface area contributed by atoms with E-state index in [1.54, 1.807) is 0 Å². The van der Waals surface area contributed by atoms with E-state index in [9.17, 15) is 10.5 Å². The van der Waals surface area contributed by atoms with Gasteiger partial charge in [0, 0.05) is 0 Å². The molecule has 0 N–H and O–H groups in total. The largest absolute Gasteiger partial charge is 0.237 e. The van der Waals surface area contributed by atoms with Gasteiger partial charge in [0.15, 0.2) is 11.4 Å². The maximum Gasteiger partial charge on any atom is 0.177 e. The standard InChI is InChI=1S/C30H50N4/c1-3-5-7-9-11-13-15-17-19-21-23-27-28(34-30(26-32)29(25-31)33-27)24-22-20-18-16-14-12-10-8-6-4-2/h3-24H2,1-2H3. The summed E-state index contributed by atoms with van der Waals surface area (Å²) in [7, 11) is 0. The van der Waals surface area contributed by atoms with Gasteiger partial charge in [-0.3, -0.25) is 0 Å². The van der Waals surface area contributed by atoms with E-state index in [-0.39, 0.29) is 11.4 Å². The molecule has 0 bridgehead atoms. The lowest BCUT2D eigenvalue weighted by Crippen LogP contribution is -2.07. The zero-order chi connectivity index (χ0) is 24.7. The maximum atomic E-state index is 9.37. The SMILES string of the molecule is CCCCCCCCCCCCc1nc(C#N)c(C#N)nc1CCCCCCCCCCCC. The van der Waals surface area contributed by atoms with Gasteiger partial charge in [0.05, 0.1) is 11.4 Å². The van der Waals surface area contributed by atoms with Crippen LogP contribution in [-0.4, -0.2) is 9.97 Å². The average Bonchev–Trinajstić information content (AvgIpc) is 2.86. The average molecular weight is 467 g/mol. The summed E-state index contributed by atoms with van der Waals surface area (Å²) < 4.78 is 0. The van der Waals surface area contributed by atoms with E-state index in [2.05, 4.69) is 36.0 Å². The topological polar surface area (TPSA) is 73.4 Å². The Kier molecular flexibility index (Phi) is 19.1. The van der Waals surface area contributed by atoms with E-state index in [0.717, 1.165) is 37.1 Å². The smallest absolute Gasteiger partial charge is 0.177 e. The molecule has 0 saturated heterocycles. The lowest BCUT2D eigenvalue weighted by molar-refractivity contribution is 0.550. The number of aryl methyl sites for hydroxylation is 2. The number of unbranched alkanes of at least 4 members (excludes halogenated alkanes) is 18. The minimum atomic E-state index is 0.191. The van der Waals surface area contributed by atoms with Crippen LogP contribution >= 0.6 is 0 Å². The quantitative estimate of drug-likeness (QED) is 0.160. The summed E-state index contributed by atoms with van der Waals surface area (Å²) in [6.07, 6.45) is 27.9. The minimum Gasteiger partial charge on any atom is -0.237 e. The molecule has 0 aliphatic heterocycles. The molecule has 0 radical (unpaired) electrons. The first-order valence-electron chi connectivity index (χ1n) is 14.5. The highest BCUT2D eigenvalue weighted by atomic mass is 14.8. The van der Waals surface area contributed by atoms with Crippen LogP contribution in [0.1, 0.15) is 165 Å². The van der Waals surface area contributed by atoms with E-state index in [0.29, 0.717) is 0 Å². The third-order valence-corrected chi connectivity index (χ3v) is 6.80. The molecule has 1 aromatic heterocycles. The van der Waals surface area contributed by atoms with Gasteiger partial charge in [-0.1, -0.05) is 129 Å². The van der Waals surface area contributed by atoms with Gasteiger partial charge in [-0.15, -0.1) is 0 Å². The second-order valence-corrected chi connectivity index (χ2v) is 9.90. The molecule has 4 nitrogen and oxygen atoms in total. The van der Waals surface area contributed by atoms with Crippen LogP contribution < -0.4 is 0 Å². The molecule has 0 spiro atoms. The Hall–Kier alpha value is -1.94. The van der Waals surface area contributed by atoms with Gasteiger partial charge in [0.1, 0.15) is 12.1 Å². The van der Waals surface area contributed by atoms with Crippen LogP contribution in [0.4, 0.5) is 0 Å². The molecule has 4 heteroatoms. The molecule has 0 aromatic carbocycles. The van der Waals surface area contributed by atoms with Gasteiger partial charge in [-0.2, -0.15) is 10.5 Å². The molecule has 0 aliphatic rings. The molecule has 0 atom stereocenters. The summed E-state index contributed by atoms with van der Waals surface area (Å²) in [4.78, 5) is 9.11. The van der Waals surface area contributed by atoms with Crippen LogP contribution in [-0.2, 0) is 12.8 Å². The predicted molar refractivity (Wildman–Crippen MR) is 143 cm³/mol. The van der Waals surface area contributed by atoms with Crippen molar-refractivity contribution in [3.63, 3.8) is 0 Å². The molecule has 190 valence electrons. The van der Waals surface area contributed by atoms with E-state index in [4.69, 9.17) is 0 Å². The van der Waals surface area contributed by atoms with Crippen molar-refractivity contribution in [3.05, 3.63) is 22.8 Å². The predicted octanol–water partition coefficient (Wildman–Crippen LogP) is 9.15. The van der Waals surface area contributed by atoms with Gasteiger partial charge in [0.2, 0.25) is 0 Å². The van der Waals surface area contributed by atoms with E-state index < -0.39 is 0 Å². The Labute approximate surface area is 210 Å². The van der Waals surface area contributed by atoms with Crippen molar-refractivity contribution in [3.8, 4) is 12.1 Å². The van der Waals surface area contributed by atoms with Gasteiger partial charge in [0.25, 0.3) is 0 Å². The summed E-state index contributed by atoms with van der Waals surface area (Å²) in [5.74, 6) is 0. The van der Waals surface area contributed by atoms with Crippen molar-refractivity contribution in [2.24, 2.45) is 0 Å². The lowest BCUT2D eigenvalue weighted by Gasteiger charge is -2.10. The second-order valence-electron chi connectivity index (χ2n) is 9.90. The molecule has 0 saturated carbocycles. The fourth-order valence-electron chi connectivity index (χ4n) is 4.62. The van der Waals surface area contributed by atoms with Crippen LogP contribution in [0.2, 0.25) is 0 Å². The highest BCUT2D eigenvalue weighted by molar-refractivity contribution is 5.37. The van der Waals surface area contributed by atoms with Crippen molar-refractivity contribution in [1.82, 2.24) is 9.97 Å². The van der Waals surface area contributed by atoms with Gasteiger partial charge in [-0.05, 0) is 25.7 Å². The van der Waals surface area contributed by atoms with Crippen LogP contribution in [0.5, 0.6) is 0 Å². The molecular weight excluding hydrogens is 416 g/mol. The Morgan fingerprint density at radius 1 is 0.441 bits per heavy atom. The molecule has 34 heavy (non-hydrogen) atoms. The lowest BCUT2D eigenvalue weighted by atomic mass is 10.0. The Balaban J connectivity index is 2.36. The first-order valence-corrected chi connectivity index (χ1v) is 14.5. The van der Waals surface area contributed by atoms with Crippen molar-refractivity contribution >= 4 is 0 Å². The second kappa shape index (κ2) is 21.6. The number of nitrogens with zero attached hydrogens (tertiary/aromatic N) is 4. The van der Waals surface area contributed by atoms with Crippen LogP contribution in [0.15, 0.2) is 0 Å². The van der Waals surface area contributed by atoms with E-state index >= 15 is 0 Å². The van der Waals surface area contributed by atoms with Crippen molar-refractivity contribution < 1.29 is 0 Å². The zero-order valence-electron chi connectivity index (χ0n) is 22.3. The fraction of sp³-hybridized carbons (Fsp3) is 0.800. The third-order valence-electron chi connectivity index (χ3n) is 6.80. The summed E-state index contributed by atoms with van der Waals surface area (Å²) in [6.45, 7) is 4.53. The van der Waals surface area contributed by atoms with Crippen LogP contribution in [0.25, 0.3) is 0 Å². The highest BCUT2D eigenvalue weighted by Crippen LogP contribution is 2.17. The summed E-state index contributed by atoms with van der Waals surface area (Å²) in [5.41, 5.74) is 2.28. The van der Waals surface area contributed by atoms with Crippen molar-refractivity contribution in [2.45, 2.75) is 155 Å². The summed E-state index contributed by atoms with van der Waals surface area (Å²) >= 11 is 0. The van der Waals surface area contributed by atoms with E-state index in [1.807, 2.05) is 0 Å². The van der Waals surface area contributed by atoms with Gasteiger partial charge in [-0.25, -0.2) is 9.97 Å². The highest BCUT2D eigenvalue weighted by Gasteiger charge is 2.13. The van der Waals surface area contributed by atoms with Gasteiger partial charge < -0.3 is 0 Å². The first-order chi connectivity index (χ1) is 16.8. The number of nitriles is 2. The summed E-state index contributed by atoms with van der Waals surface area (Å²) in [6, 6.07) is 4.13. The molecular formula is C30H50N4. The number of hydrogen-bond donors (Lipinski definition) is 0. The zero-order valence-corrected chi connectivity index (χ0v) is 22.3. The molecule has 1 rings (SSSR count). The Morgan fingerprint density at radius 2 is 0.706 bits per heavy atom. The monoisotopic (exact) mass is 466 g/mol. The fourth-order valence-corrected chi connectivity index (χ4v) is 4.62. The summed E-state index contributed by atoms with van der Waals surface area (Å²) in [5, 5.41) is 18.7. The molecule has 1 heterocycles. The first kappa shape index (κ1) is 30.1. The molecule has 0 fully saturated rings. The molecule has 0 aliphatic carbocycles. The van der Waals surface area contributed by atoms with Crippen LogP contribution in [0.3, 0.4) is 0 Å². The maximum absolute atomic E-state index is 9.37. The molecule has 0 unspecified atom stereocenters.